The van der Waals surface area contributed by atoms with Gasteiger partial charge in [0, 0.05) is 56.1 Å². The molecule has 0 radical (unpaired) electrons. The molecule has 6 nitrogen and oxygen atoms in total. The zero-order valence-corrected chi connectivity index (χ0v) is 18.3. The maximum Gasteiger partial charge on any atom is 0.258 e. The van der Waals surface area contributed by atoms with Crippen molar-refractivity contribution in [2.45, 2.75) is 5.75 Å². The van der Waals surface area contributed by atoms with Gasteiger partial charge in [-0.2, -0.15) is 0 Å². The van der Waals surface area contributed by atoms with Gasteiger partial charge < -0.3 is 4.90 Å². The van der Waals surface area contributed by atoms with Crippen LogP contribution in [0.3, 0.4) is 0 Å². The number of benzene rings is 1. The van der Waals surface area contributed by atoms with Crippen LogP contribution in [0.15, 0.2) is 58.8 Å². The maximum atomic E-state index is 12.5. The lowest BCUT2D eigenvalue weighted by Crippen LogP contribution is -2.49. The smallest absolute Gasteiger partial charge is 0.258 e. The Hall–Kier alpha value is -2.42. The Kier molecular flexibility index (Phi) is 6.99. The molecule has 1 aliphatic heterocycles. The summed E-state index contributed by atoms with van der Waals surface area (Å²) in [6, 6.07) is 11.8. The molecule has 1 saturated heterocycles. The third-order valence-corrected chi connectivity index (χ3v) is 6.74. The quantitative estimate of drug-likeness (QED) is 0.566. The SMILES string of the molecule is O=C(CSCc1cc(=O)n2ccsc2n1)N1CCN(CC=Cc2ccccc2)CC1. The highest BCUT2D eigenvalue weighted by atomic mass is 32.2. The largest absolute Gasteiger partial charge is 0.339 e. The molecule has 3 heterocycles. The predicted octanol–water partition coefficient (Wildman–Crippen LogP) is 2.85. The maximum absolute atomic E-state index is 12.5. The van der Waals surface area contributed by atoms with Gasteiger partial charge in [0.1, 0.15) is 0 Å². The van der Waals surface area contributed by atoms with E-state index in [2.05, 4.69) is 34.2 Å². The summed E-state index contributed by atoms with van der Waals surface area (Å²) in [4.78, 5) is 34.0. The van der Waals surface area contributed by atoms with Crippen molar-refractivity contribution >= 4 is 40.0 Å². The number of fused-ring (bicyclic) bond motifs is 1. The van der Waals surface area contributed by atoms with Crippen LogP contribution in [0.25, 0.3) is 11.0 Å². The van der Waals surface area contributed by atoms with E-state index < -0.39 is 0 Å². The second-order valence-corrected chi connectivity index (χ2v) is 8.99. The van der Waals surface area contributed by atoms with Crippen molar-refractivity contribution in [1.82, 2.24) is 19.2 Å². The Morgan fingerprint density at radius 2 is 1.97 bits per heavy atom. The first kappa shape index (κ1) is 20.8. The lowest BCUT2D eigenvalue weighted by Gasteiger charge is -2.34. The molecule has 0 unspecified atom stereocenters. The summed E-state index contributed by atoms with van der Waals surface area (Å²) in [6.07, 6.45) is 6.05. The number of piperazine rings is 1. The van der Waals surface area contributed by atoms with Gasteiger partial charge in [0.2, 0.25) is 5.91 Å². The van der Waals surface area contributed by atoms with E-state index in [0.29, 0.717) is 16.5 Å². The standard InChI is InChI=1S/C22H24N4O2S2/c27-20-15-19(23-22-26(20)13-14-30-22)16-29-17-21(28)25-11-9-24(10-12-25)8-4-7-18-5-2-1-3-6-18/h1-7,13-15H,8-12,16-17H2. The second-order valence-electron chi connectivity index (χ2n) is 7.13. The van der Waals surface area contributed by atoms with E-state index in [1.807, 2.05) is 28.5 Å². The van der Waals surface area contributed by atoms with Crippen LogP contribution in [0.2, 0.25) is 0 Å². The van der Waals surface area contributed by atoms with E-state index >= 15 is 0 Å². The molecule has 1 aromatic carbocycles. The highest BCUT2D eigenvalue weighted by Crippen LogP contribution is 2.14. The Balaban J connectivity index is 1.19. The lowest BCUT2D eigenvalue weighted by atomic mass is 10.2. The molecule has 1 aliphatic rings. The first-order valence-electron chi connectivity index (χ1n) is 9.94. The molecule has 2 aromatic heterocycles. The minimum atomic E-state index is -0.0689. The van der Waals surface area contributed by atoms with Crippen LogP contribution >= 0.6 is 23.1 Å². The summed E-state index contributed by atoms with van der Waals surface area (Å²) in [5.41, 5.74) is 1.87. The molecule has 1 fully saturated rings. The van der Waals surface area contributed by atoms with E-state index in [9.17, 15) is 9.59 Å². The molecule has 156 valence electrons. The van der Waals surface area contributed by atoms with Gasteiger partial charge in [0.15, 0.2) is 4.96 Å². The van der Waals surface area contributed by atoms with Crippen LogP contribution < -0.4 is 5.56 Å². The van der Waals surface area contributed by atoms with Gasteiger partial charge in [-0.25, -0.2) is 4.98 Å². The zero-order valence-electron chi connectivity index (χ0n) is 16.6. The van der Waals surface area contributed by atoms with Gasteiger partial charge in [0.05, 0.1) is 11.4 Å². The summed E-state index contributed by atoms with van der Waals surface area (Å²) in [7, 11) is 0. The van der Waals surface area contributed by atoms with Crippen molar-refractivity contribution in [2.24, 2.45) is 0 Å². The first-order valence-corrected chi connectivity index (χ1v) is 12.0. The van der Waals surface area contributed by atoms with Gasteiger partial charge in [-0.05, 0) is 5.56 Å². The average Bonchev–Trinajstić information content (AvgIpc) is 3.24. The fourth-order valence-corrected chi connectivity index (χ4v) is 4.93. The molecule has 0 saturated carbocycles. The van der Waals surface area contributed by atoms with Gasteiger partial charge in [-0.15, -0.1) is 23.1 Å². The molecule has 3 aromatic rings. The number of thioether (sulfide) groups is 1. The fraction of sp³-hybridized carbons (Fsp3) is 0.318. The average molecular weight is 441 g/mol. The lowest BCUT2D eigenvalue weighted by molar-refractivity contribution is -0.129. The number of hydrogen-bond acceptors (Lipinski definition) is 6. The Morgan fingerprint density at radius 3 is 2.77 bits per heavy atom. The summed E-state index contributed by atoms with van der Waals surface area (Å²) in [6.45, 7) is 4.21. The van der Waals surface area contributed by atoms with Gasteiger partial charge in [0.25, 0.3) is 5.56 Å². The Labute approximate surface area is 183 Å². The van der Waals surface area contributed by atoms with Crippen molar-refractivity contribution in [2.75, 3.05) is 38.5 Å². The number of nitrogens with zero attached hydrogens (tertiary/aromatic N) is 4. The molecule has 8 heteroatoms. The Bertz CT molecular complexity index is 1070. The fourth-order valence-electron chi connectivity index (χ4n) is 3.38. The number of aromatic nitrogens is 2. The first-order chi connectivity index (χ1) is 14.7. The van der Waals surface area contributed by atoms with Crippen LogP contribution in [-0.2, 0) is 10.5 Å². The summed E-state index contributed by atoms with van der Waals surface area (Å²) in [5.74, 6) is 1.15. The molecule has 4 rings (SSSR count). The highest BCUT2D eigenvalue weighted by Gasteiger charge is 2.20. The monoisotopic (exact) mass is 440 g/mol. The van der Waals surface area contributed by atoms with Crippen LogP contribution in [0.4, 0.5) is 0 Å². The predicted molar refractivity (Wildman–Crippen MR) is 124 cm³/mol. The van der Waals surface area contributed by atoms with Crippen LogP contribution in [0.5, 0.6) is 0 Å². The Morgan fingerprint density at radius 1 is 1.17 bits per heavy atom. The van der Waals surface area contributed by atoms with Crippen molar-refractivity contribution in [3.8, 4) is 0 Å². The molecule has 0 atom stereocenters. The van der Waals surface area contributed by atoms with Crippen LogP contribution in [-0.4, -0.2) is 63.6 Å². The van der Waals surface area contributed by atoms with Crippen molar-refractivity contribution in [3.05, 3.63) is 75.7 Å². The molecule has 0 N–H and O–H groups in total. The van der Waals surface area contributed by atoms with Gasteiger partial charge in [-0.3, -0.25) is 18.9 Å². The van der Waals surface area contributed by atoms with Crippen molar-refractivity contribution in [3.63, 3.8) is 0 Å². The zero-order chi connectivity index (χ0) is 20.8. The minimum absolute atomic E-state index is 0.0689. The molecule has 0 bridgehead atoms. The minimum Gasteiger partial charge on any atom is -0.339 e. The van der Waals surface area contributed by atoms with E-state index in [-0.39, 0.29) is 11.5 Å². The number of carbonyl (C=O) groups is 1. The third-order valence-electron chi connectivity index (χ3n) is 5.03. The van der Waals surface area contributed by atoms with Crippen LogP contribution in [0.1, 0.15) is 11.3 Å². The summed E-state index contributed by atoms with van der Waals surface area (Å²) >= 11 is 2.96. The number of carbonyl (C=O) groups excluding carboxylic acids is 1. The third kappa shape index (κ3) is 5.38. The van der Waals surface area contributed by atoms with Crippen molar-refractivity contribution < 1.29 is 4.79 Å². The van der Waals surface area contributed by atoms with Crippen molar-refractivity contribution in [1.29, 1.82) is 0 Å². The molecule has 0 spiro atoms. The van der Waals surface area contributed by atoms with E-state index in [1.54, 1.807) is 16.7 Å². The van der Waals surface area contributed by atoms with E-state index in [1.165, 1.54) is 28.7 Å². The highest BCUT2D eigenvalue weighted by molar-refractivity contribution is 7.99. The van der Waals surface area contributed by atoms with E-state index in [0.717, 1.165) is 38.4 Å². The second kappa shape index (κ2) is 10.1. The molecular formula is C22H24N4O2S2. The topological polar surface area (TPSA) is 57.9 Å². The van der Waals surface area contributed by atoms with Gasteiger partial charge in [-0.1, -0.05) is 42.5 Å². The molecule has 0 aliphatic carbocycles. The summed E-state index contributed by atoms with van der Waals surface area (Å²) in [5, 5.41) is 1.85. The molecule has 1 amide bonds. The van der Waals surface area contributed by atoms with Crippen LogP contribution in [0, 0.1) is 0 Å². The number of rotatable bonds is 7. The summed E-state index contributed by atoms with van der Waals surface area (Å²) < 4.78 is 1.54. The van der Waals surface area contributed by atoms with E-state index in [4.69, 9.17) is 0 Å². The molecular weight excluding hydrogens is 416 g/mol. The number of thiazole rings is 1. The number of hydrogen-bond donors (Lipinski definition) is 0. The normalized spacial score (nSPS) is 15.3. The molecule has 30 heavy (non-hydrogen) atoms. The van der Waals surface area contributed by atoms with Gasteiger partial charge >= 0.3 is 0 Å². The number of amides is 1.